The number of hydrogen-bond acceptors (Lipinski definition) is 3. The third-order valence-electron chi connectivity index (χ3n) is 3.03. The third-order valence-corrected chi connectivity index (χ3v) is 3.03. The molecule has 0 aromatic heterocycles. The Hall–Kier alpha value is -0.120. The fourth-order valence-electron chi connectivity index (χ4n) is 2.05. The van der Waals surface area contributed by atoms with Crippen LogP contribution in [0.25, 0.3) is 0 Å². The van der Waals surface area contributed by atoms with Gasteiger partial charge in [0, 0.05) is 37.3 Å². The normalized spacial score (nSPS) is 25.3. The number of nitrogens with zero attached hydrogens (tertiary/aromatic N) is 2. The molecule has 0 aromatic rings. The van der Waals surface area contributed by atoms with Gasteiger partial charge in [0.2, 0.25) is 0 Å². The first kappa shape index (κ1) is 12.0. The Balaban J connectivity index is 2.52. The van der Waals surface area contributed by atoms with E-state index in [0.29, 0.717) is 0 Å². The van der Waals surface area contributed by atoms with Gasteiger partial charge in [0.1, 0.15) is 0 Å². The van der Waals surface area contributed by atoms with Gasteiger partial charge in [-0.05, 0) is 34.7 Å². The Morgan fingerprint density at radius 2 is 1.86 bits per heavy atom. The van der Waals surface area contributed by atoms with Crippen molar-refractivity contribution in [2.75, 3.05) is 33.2 Å². The summed E-state index contributed by atoms with van der Waals surface area (Å²) in [6, 6.07) is 0. The van der Waals surface area contributed by atoms with Crippen LogP contribution in [0.3, 0.4) is 0 Å². The summed E-state index contributed by atoms with van der Waals surface area (Å²) in [6.07, 6.45) is 0. The van der Waals surface area contributed by atoms with Crippen LogP contribution in [0, 0.1) is 0 Å². The van der Waals surface area contributed by atoms with E-state index in [1.54, 1.807) is 0 Å². The number of hydrogen-bond donors (Lipinski definition) is 1. The van der Waals surface area contributed by atoms with Crippen LogP contribution in [0.1, 0.15) is 27.7 Å². The van der Waals surface area contributed by atoms with Crippen LogP contribution in [0.15, 0.2) is 0 Å². The molecule has 1 rings (SSSR count). The molecule has 0 amide bonds. The molecule has 1 aliphatic heterocycles. The lowest BCUT2D eigenvalue weighted by Crippen LogP contribution is -2.60. The molecule has 0 saturated carbocycles. The van der Waals surface area contributed by atoms with Crippen molar-refractivity contribution in [1.29, 1.82) is 0 Å². The smallest absolute Gasteiger partial charge is 0.0277 e. The minimum atomic E-state index is -0.0774. The van der Waals surface area contributed by atoms with Gasteiger partial charge in [-0.2, -0.15) is 0 Å². The van der Waals surface area contributed by atoms with Gasteiger partial charge in [-0.15, -0.1) is 0 Å². The molecule has 1 fully saturated rings. The lowest BCUT2D eigenvalue weighted by atomic mass is 9.97. The first-order valence-corrected chi connectivity index (χ1v) is 5.43. The van der Waals surface area contributed by atoms with Crippen molar-refractivity contribution in [2.24, 2.45) is 5.73 Å². The number of rotatable bonds is 2. The second kappa shape index (κ2) is 3.80. The first-order valence-electron chi connectivity index (χ1n) is 5.43. The molecular weight excluding hydrogens is 174 g/mol. The summed E-state index contributed by atoms with van der Waals surface area (Å²) < 4.78 is 0. The average Bonchev–Trinajstić information content (AvgIpc) is 1.93. The van der Waals surface area contributed by atoms with Crippen LogP contribution < -0.4 is 5.73 Å². The maximum atomic E-state index is 6.03. The molecule has 3 heteroatoms. The molecule has 1 saturated heterocycles. The van der Waals surface area contributed by atoms with Gasteiger partial charge < -0.3 is 5.73 Å². The summed E-state index contributed by atoms with van der Waals surface area (Å²) in [7, 11) is 2.20. The Labute approximate surface area is 88.2 Å². The molecular formula is C11H25N3. The molecule has 0 aromatic carbocycles. The van der Waals surface area contributed by atoms with Gasteiger partial charge in [0.15, 0.2) is 0 Å². The highest BCUT2D eigenvalue weighted by molar-refractivity contribution is 4.90. The zero-order valence-electron chi connectivity index (χ0n) is 10.3. The van der Waals surface area contributed by atoms with Crippen molar-refractivity contribution in [3.8, 4) is 0 Å². The average molecular weight is 199 g/mol. The Morgan fingerprint density at radius 3 is 2.29 bits per heavy atom. The topological polar surface area (TPSA) is 32.5 Å². The summed E-state index contributed by atoms with van der Waals surface area (Å²) in [5.41, 5.74) is 6.24. The molecule has 0 bridgehead atoms. The van der Waals surface area contributed by atoms with E-state index in [9.17, 15) is 0 Å². The SMILES string of the molecule is CN1CCN(CC(C)(C)N)CC1(C)C. The minimum Gasteiger partial charge on any atom is -0.324 e. The van der Waals surface area contributed by atoms with Gasteiger partial charge in [0.25, 0.3) is 0 Å². The highest BCUT2D eigenvalue weighted by Crippen LogP contribution is 2.19. The van der Waals surface area contributed by atoms with Crippen molar-refractivity contribution in [3.63, 3.8) is 0 Å². The molecule has 1 aliphatic rings. The molecule has 14 heavy (non-hydrogen) atoms. The largest absolute Gasteiger partial charge is 0.324 e. The van der Waals surface area contributed by atoms with E-state index in [0.717, 1.165) is 26.2 Å². The highest BCUT2D eigenvalue weighted by Gasteiger charge is 2.32. The molecule has 0 aliphatic carbocycles. The van der Waals surface area contributed by atoms with E-state index < -0.39 is 0 Å². The van der Waals surface area contributed by atoms with Crippen molar-refractivity contribution in [1.82, 2.24) is 9.80 Å². The lowest BCUT2D eigenvalue weighted by molar-refractivity contribution is 0.0316. The Bertz CT molecular complexity index is 193. The van der Waals surface area contributed by atoms with Gasteiger partial charge >= 0.3 is 0 Å². The summed E-state index contributed by atoms with van der Waals surface area (Å²) in [6.45, 7) is 13.2. The molecule has 84 valence electrons. The van der Waals surface area contributed by atoms with Crippen molar-refractivity contribution >= 4 is 0 Å². The maximum absolute atomic E-state index is 6.03. The predicted octanol–water partition coefficient (Wildman–Crippen LogP) is 0.750. The van der Waals surface area contributed by atoms with Gasteiger partial charge in [0.05, 0.1) is 0 Å². The second-order valence-corrected chi connectivity index (χ2v) is 5.93. The fraction of sp³-hybridized carbons (Fsp3) is 1.00. The number of likely N-dealkylation sites (N-methyl/N-ethyl adjacent to an activating group) is 1. The van der Waals surface area contributed by atoms with Crippen molar-refractivity contribution in [2.45, 2.75) is 38.8 Å². The first-order chi connectivity index (χ1) is 6.21. The van der Waals surface area contributed by atoms with E-state index in [1.807, 2.05) is 0 Å². The van der Waals surface area contributed by atoms with Crippen LogP contribution in [0.2, 0.25) is 0 Å². The summed E-state index contributed by atoms with van der Waals surface area (Å²) in [5.74, 6) is 0. The van der Waals surface area contributed by atoms with E-state index in [1.165, 1.54) is 0 Å². The van der Waals surface area contributed by atoms with Gasteiger partial charge in [-0.3, -0.25) is 9.80 Å². The molecule has 0 spiro atoms. The number of nitrogens with two attached hydrogens (primary N) is 1. The quantitative estimate of drug-likeness (QED) is 0.712. The van der Waals surface area contributed by atoms with Crippen LogP contribution in [-0.2, 0) is 0 Å². The zero-order chi connectivity index (χ0) is 11.0. The maximum Gasteiger partial charge on any atom is 0.0277 e. The van der Waals surface area contributed by atoms with E-state index in [4.69, 9.17) is 5.73 Å². The van der Waals surface area contributed by atoms with Gasteiger partial charge in [-0.25, -0.2) is 0 Å². The van der Waals surface area contributed by atoms with E-state index in [2.05, 4.69) is 44.5 Å². The van der Waals surface area contributed by atoms with Gasteiger partial charge in [-0.1, -0.05) is 0 Å². The van der Waals surface area contributed by atoms with Crippen LogP contribution in [0.4, 0.5) is 0 Å². The molecule has 1 heterocycles. The Morgan fingerprint density at radius 1 is 1.29 bits per heavy atom. The summed E-state index contributed by atoms with van der Waals surface area (Å²) in [4.78, 5) is 4.90. The standard InChI is InChI=1S/C11H25N3/c1-10(2,12)8-14-7-6-13(5)11(3,4)9-14/h6-9,12H2,1-5H3. The molecule has 2 N–H and O–H groups in total. The molecule has 0 atom stereocenters. The molecule has 0 unspecified atom stereocenters. The third kappa shape index (κ3) is 3.23. The zero-order valence-corrected chi connectivity index (χ0v) is 10.3. The van der Waals surface area contributed by atoms with Crippen LogP contribution in [-0.4, -0.2) is 54.1 Å². The van der Waals surface area contributed by atoms with Crippen molar-refractivity contribution in [3.05, 3.63) is 0 Å². The van der Waals surface area contributed by atoms with E-state index >= 15 is 0 Å². The van der Waals surface area contributed by atoms with E-state index in [-0.39, 0.29) is 11.1 Å². The van der Waals surface area contributed by atoms with Crippen LogP contribution >= 0.6 is 0 Å². The molecule has 3 nitrogen and oxygen atoms in total. The summed E-state index contributed by atoms with van der Waals surface area (Å²) in [5, 5.41) is 0. The van der Waals surface area contributed by atoms with Crippen LogP contribution in [0.5, 0.6) is 0 Å². The minimum absolute atomic E-state index is 0.0774. The Kier molecular flexibility index (Phi) is 3.24. The second-order valence-electron chi connectivity index (χ2n) is 5.93. The predicted molar refractivity (Wildman–Crippen MR) is 61.4 cm³/mol. The molecule has 0 radical (unpaired) electrons. The highest BCUT2D eigenvalue weighted by atomic mass is 15.3. The fourth-order valence-corrected chi connectivity index (χ4v) is 2.05. The lowest BCUT2D eigenvalue weighted by Gasteiger charge is -2.46. The van der Waals surface area contributed by atoms with Crippen molar-refractivity contribution < 1.29 is 0 Å². The monoisotopic (exact) mass is 199 g/mol. The number of piperazine rings is 1. The summed E-state index contributed by atoms with van der Waals surface area (Å²) >= 11 is 0.